The fourth-order valence-electron chi connectivity index (χ4n) is 7.03. The van der Waals surface area contributed by atoms with Gasteiger partial charge in [-0.05, 0) is 57.2 Å². The summed E-state index contributed by atoms with van der Waals surface area (Å²) in [5.74, 6) is 0.740. The minimum Gasteiger partial charge on any atom is -0.462 e. The first-order valence-corrected chi connectivity index (χ1v) is 15.5. The van der Waals surface area contributed by atoms with Crippen LogP contribution in [-0.2, 0) is 17.8 Å². The number of nitriles is 1. The highest BCUT2D eigenvalue weighted by Gasteiger charge is 2.34. The molecule has 43 heavy (non-hydrogen) atoms. The van der Waals surface area contributed by atoms with E-state index >= 15 is 0 Å². The number of rotatable bonds is 8. The molecule has 1 aromatic heterocycles. The summed E-state index contributed by atoms with van der Waals surface area (Å²) in [5.41, 5.74) is 3.32. The molecule has 0 N–H and O–H groups in total. The highest BCUT2D eigenvalue weighted by molar-refractivity contribution is 5.94. The highest BCUT2D eigenvalue weighted by atomic mass is 16.5. The van der Waals surface area contributed by atoms with E-state index in [0.29, 0.717) is 50.9 Å². The van der Waals surface area contributed by atoms with Crippen molar-refractivity contribution in [1.29, 1.82) is 5.26 Å². The van der Waals surface area contributed by atoms with Crippen LogP contribution in [0.2, 0.25) is 0 Å². The number of fused-ring (bicyclic) bond motifs is 2. The second kappa shape index (κ2) is 12.6. The van der Waals surface area contributed by atoms with Gasteiger partial charge in [-0.1, -0.05) is 43.0 Å². The fourth-order valence-corrected chi connectivity index (χ4v) is 7.03. The van der Waals surface area contributed by atoms with Gasteiger partial charge in [-0.25, -0.2) is 0 Å². The van der Waals surface area contributed by atoms with Gasteiger partial charge in [0.15, 0.2) is 0 Å². The largest absolute Gasteiger partial charge is 0.462 e. The van der Waals surface area contributed by atoms with Crippen molar-refractivity contribution < 1.29 is 9.53 Å². The zero-order valence-electron chi connectivity index (χ0n) is 25.3. The molecule has 3 aliphatic heterocycles. The summed E-state index contributed by atoms with van der Waals surface area (Å²) in [6.45, 7) is 13.0. The third-order valence-electron chi connectivity index (χ3n) is 9.19. The second-order valence-corrected chi connectivity index (χ2v) is 12.1. The van der Waals surface area contributed by atoms with Gasteiger partial charge in [0.1, 0.15) is 12.4 Å². The molecule has 2 saturated heterocycles. The first-order chi connectivity index (χ1) is 21.0. The molecular formula is C34H41N7O2. The number of hydrogen-bond acceptors (Lipinski definition) is 8. The number of amides is 1. The molecule has 2 unspecified atom stereocenters. The van der Waals surface area contributed by atoms with E-state index < -0.39 is 0 Å². The number of anilines is 2. The molecule has 2 aromatic carbocycles. The summed E-state index contributed by atoms with van der Waals surface area (Å²) in [4.78, 5) is 31.5. The molecule has 9 nitrogen and oxygen atoms in total. The molecule has 3 aliphatic rings. The summed E-state index contributed by atoms with van der Waals surface area (Å²) in [6.07, 6.45) is 4.68. The zero-order valence-corrected chi connectivity index (χ0v) is 25.3. The van der Waals surface area contributed by atoms with Crippen molar-refractivity contribution in [2.75, 3.05) is 49.1 Å². The van der Waals surface area contributed by atoms with E-state index in [1.54, 1.807) is 4.90 Å². The van der Waals surface area contributed by atoms with Gasteiger partial charge in [-0.3, -0.25) is 9.69 Å². The molecule has 1 amide bonds. The molecule has 9 heteroatoms. The maximum atomic E-state index is 12.6. The van der Waals surface area contributed by atoms with Crippen molar-refractivity contribution in [1.82, 2.24) is 19.8 Å². The SMILES string of the molecule is C=CC(=O)N1CCN(c2nc(OCC3CCCN3C(C)C)nc3c2CCN(c2cccc4ccccc24)C3)CC1CC#N. The fraction of sp³-hybridized carbons (Fsp3) is 0.471. The Morgan fingerprint density at radius 1 is 1.09 bits per heavy atom. The average molecular weight is 580 g/mol. The smallest absolute Gasteiger partial charge is 0.318 e. The molecule has 0 aliphatic carbocycles. The summed E-state index contributed by atoms with van der Waals surface area (Å²) in [6, 6.07) is 18.2. The van der Waals surface area contributed by atoms with Gasteiger partial charge >= 0.3 is 6.01 Å². The predicted molar refractivity (Wildman–Crippen MR) is 169 cm³/mol. The lowest BCUT2D eigenvalue weighted by molar-refractivity contribution is -0.128. The van der Waals surface area contributed by atoms with E-state index in [9.17, 15) is 10.1 Å². The lowest BCUT2D eigenvalue weighted by Gasteiger charge is -2.42. The van der Waals surface area contributed by atoms with Gasteiger partial charge in [0.05, 0.1) is 30.8 Å². The van der Waals surface area contributed by atoms with E-state index in [0.717, 1.165) is 43.0 Å². The Morgan fingerprint density at radius 3 is 2.74 bits per heavy atom. The minimum absolute atomic E-state index is 0.134. The minimum atomic E-state index is -0.229. The molecule has 0 saturated carbocycles. The quantitative estimate of drug-likeness (QED) is 0.359. The van der Waals surface area contributed by atoms with E-state index in [1.807, 2.05) is 0 Å². The number of nitrogens with zero attached hydrogens (tertiary/aromatic N) is 7. The van der Waals surface area contributed by atoms with Crippen LogP contribution in [0.1, 0.15) is 44.4 Å². The molecule has 0 spiro atoms. The van der Waals surface area contributed by atoms with E-state index in [2.05, 4.69) is 83.7 Å². The van der Waals surface area contributed by atoms with E-state index in [-0.39, 0.29) is 18.4 Å². The van der Waals surface area contributed by atoms with Crippen molar-refractivity contribution in [2.24, 2.45) is 0 Å². The standard InChI is InChI=1S/C34H41N7O2/c1-4-32(42)41-20-19-39(21-26(41)14-16-35)33-29-15-18-38(31-13-7-10-25-9-5-6-12-28(25)31)22-30(29)36-34(37-33)43-23-27-11-8-17-40(27)24(2)3/h4-7,9-10,12-13,24,26-27H,1,8,11,14-15,17-23H2,2-3H3. The number of ether oxygens (including phenoxy) is 1. The molecule has 3 aromatic rings. The number of benzene rings is 2. The first-order valence-electron chi connectivity index (χ1n) is 15.5. The molecule has 2 atom stereocenters. The predicted octanol–water partition coefficient (Wildman–Crippen LogP) is 4.56. The Morgan fingerprint density at radius 2 is 1.93 bits per heavy atom. The normalized spacial score (nSPS) is 20.7. The molecule has 0 radical (unpaired) electrons. The van der Waals surface area contributed by atoms with Crippen LogP contribution >= 0.6 is 0 Å². The number of hydrogen-bond donors (Lipinski definition) is 0. The third-order valence-corrected chi connectivity index (χ3v) is 9.19. The lowest BCUT2D eigenvalue weighted by atomic mass is 10.0. The Hall–Kier alpha value is -4.16. The van der Waals surface area contributed by atoms with Crippen molar-refractivity contribution >= 4 is 28.2 Å². The van der Waals surface area contributed by atoms with Gasteiger partial charge in [-0.15, -0.1) is 0 Å². The maximum absolute atomic E-state index is 12.6. The van der Waals surface area contributed by atoms with Gasteiger partial charge in [0.25, 0.3) is 0 Å². The number of carbonyl (C=O) groups excluding carboxylic acids is 1. The summed E-state index contributed by atoms with van der Waals surface area (Å²) < 4.78 is 6.39. The summed E-state index contributed by atoms with van der Waals surface area (Å²) >= 11 is 0. The van der Waals surface area contributed by atoms with Crippen LogP contribution in [0.3, 0.4) is 0 Å². The van der Waals surface area contributed by atoms with Crippen LogP contribution in [0.15, 0.2) is 55.1 Å². The highest BCUT2D eigenvalue weighted by Crippen LogP contribution is 2.35. The van der Waals surface area contributed by atoms with Crippen molar-refractivity contribution in [3.05, 3.63) is 66.4 Å². The Labute approximate surface area is 254 Å². The Bertz CT molecular complexity index is 1530. The van der Waals surface area contributed by atoms with Crippen LogP contribution in [0, 0.1) is 11.3 Å². The molecule has 2 fully saturated rings. The lowest BCUT2D eigenvalue weighted by Crippen LogP contribution is -2.55. The molecule has 4 heterocycles. The van der Waals surface area contributed by atoms with Gasteiger partial charge in [-0.2, -0.15) is 15.2 Å². The second-order valence-electron chi connectivity index (χ2n) is 12.1. The molecule has 6 rings (SSSR count). The van der Waals surface area contributed by atoms with Gasteiger partial charge in [0, 0.05) is 54.9 Å². The van der Waals surface area contributed by atoms with Gasteiger partial charge < -0.3 is 19.4 Å². The van der Waals surface area contributed by atoms with Crippen LogP contribution in [0.5, 0.6) is 6.01 Å². The molecular weight excluding hydrogens is 538 g/mol. The number of likely N-dealkylation sites (tertiary alicyclic amines) is 1. The maximum Gasteiger partial charge on any atom is 0.318 e. The number of aromatic nitrogens is 2. The van der Waals surface area contributed by atoms with Crippen molar-refractivity contribution in [3.8, 4) is 12.1 Å². The number of carbonyl (C=O) groups is 1. The molecule has 224 valence electrons. The van der Waals surface area contributed by atoms with Gasteiger partial charge in [0.2, 0.25) is 5.91 Å². The summed E-state index contributed by atoms with van der Waals surface area (Å²) in [5, 5.41) is 12.0. The Kier molecular flexibility index (Phi) is 8.48. The number of piperazine rings is 1. The average Bonchev–Trinajstić information content (AvgIpc) is 3.52. The van der Waals surface area contributed by atoms with Crippen molar-refractivity contribution in [2.45, 2.75) is 64.2 Å². The zero-order chi connectivity index (χ0) is 29.9. The topological polar surface area (TPSA) is 88.8 Å². The monoisotopic (exact) mass is 579 g/mol. The molecule has 0 bridgehead atoms. The first kappa shape index (κ1) is 28.9. The third kappa shape index (κ3) is 5.89. The van der Waals surface area contributed by atoms with Crippen LogP contribution in [0.4, 0.5) is 11.5 Å². The van der Waals surface area contributed by atoms with Crippen LogP contribution < -0.4 is 14.5 Å². The van der Waals surface area contributed by atoms with E-state index in [1.165, 1.54) is 29.0 Å². The van der Waals surface area contributed by atoms with Crippen LogP contribution in [-0.4, -0.2) is 83.1 Å². The van der Waals surface area contributed by atoms with Crippen LogP contribution in [0.25, 0.3) is 10.8 Å². The van der Waals surface area contributed by atoms with Crippen molar-refractivity contribution in [3.63, 3.8) is 0 Å². The summed E-state index contributed by atoms with van der Waals surface area (Å²) in [7, 11) is 0. The Balaban J connectivity index is 1.32. The van der Waals surface area contributed by atoms with E-state index in [4.69, 9.17) is 14.7 Å².